The smallest absolute Gasteiger partial charge is 0.304 e. The molecule has 2 aromatic heterocycles. The molecule has 0 saturated carbocycles. The van der Waals surface area contributed by atoms with Gasteiger partial charge in [-0.05, 0) is 11.4 Å². The average Bonchev–Trinajstić information content (AvgIpc) is 3.25. The normalized spacial score (nSPS) is 17.1. The summed E-state index contributed by atoms with van der Waals surface area (Å²) < 4.78 is 28.9. The number of sulfone groups is 1. The Labute approximate surface area is 159 Å². The largest absolute Gasteiger partial charge is 0.379 e. The van der Waals surface area contributed by atoms with Crippen molar-refractivity contribution in [2.75, 3.05) is 44.4 Å². The van der Waals surface area contributed by atoms with E-state index in [1.54, 1.807) is 11.3 Å². The zero-order chi connectivity index (χ0) is 18.7. The summed E-state index contributed by atoms with van der Waals surface area (Å²) in [5.74, 6) is 0. The molecular formula is C15H19N3O5S3. The zero-order valence-electron chi connectivity index (χ0n) is 14.1. The molecule has 1 aliphatic heterocycles. The third-order valence-electron chi connectivity index (χ3n) is 4.07. The van der Waals surface area contributed by atoms with Crippen molar-refractivity contribution in [3.05, 3.63) is 38.6 Å². The van der Waals surface area contributed by atoms with Crippen LogP contribution in [0.15, 0.2) is 27.8 Å². The van der Waals surface area contributed by atoms with E-state index in [2.05, 4.69) is 10.2 Å². The molecule has 0 aromatic carbocycles. The fourth-order valence-corrected chi connectivity index (χ4v) is 5.58. The van der Waals surface area contributed by atoms with Gasteiger partial charge in [-0.2, -0.15) is 0 Å². The summed E-state index contributed by atoms with van der Waals surface area (Å²) in [5, 5.41) is 16.7. The molecular weight excluding hydrogens is 398 g/mol. The maximum atomic E-state index is 11.7. The van der Waals surface area contributed by atoms with Gasteiger partial charge >= 0.3 is 5.69 Å². The Morgan fingerprint density at radius 1 is 1.42 bits per heavy atom. The Morgan fingerprint density at radius 3 is 2.73 bits per heavy atom. The van der Waals surface area contributed by atoms with E-state index < -0.39 is 14.8 Å². The second-order valence-corrected chi connectivity index (χ2v) is 10.1. The van der Waals surface area contributed by atoms with Crippen molar-refractivity contribution in [3.8, 4) is 0 Å². The van der Waals surface area contributed by atoms with Gasteiger partial charge in [0.1, 0.15) is 4.21 Å². The van der Waals surface area contributed by atoms with Crippen LogP contribution in [0.4, 0.5) is 10.7 Å². The third-order valence-corrected chi connectivity index (χ3v) is 7.92. The van der Waals surface area contributed by atoms with Gasteiger partial charge in [-0.1, -0.05) is 17.4 Å². The van der Waals surface area contributed by atoms with E-state index in [-0.39, 0.29) is 20.9 Å². The molecule has 11 heteroatoms. The molecule has 1 fully saturated rings. The number of thiophene rings is 2. The highest BCUT2D eigenvalue weighted by Crippen LogP contribution is 2.38. The van der Waals surface area contributed by atoms with Crippen molar-refractivity contribution in [1.29, 1.82) is 0 Å². The highest BCUT2D eigenvalue weighted by molar-refractivity contribution is 7.92. The predicted molar refractivity (Wildman–Crippen MR) is 102 cm³/mol. The summed E-state index contributed by atoms with van der Waals surface area (Å²) >= 11 is 2.53. The molecule has 8 nitrogen and oxygen atoms in total. The lowest BCUT2D eigenvalue weighted by molar-refractivity contribution is -0.383. The van der Waals surface area contributed by atoms with Gasteiger partial charge in [0.25, 0.3) is 0 Å². The van der Waals surface area contributed by atoms with Crippen molar-refractivity contribution in [2.45, 2.75) is 10.3 Å². The number of nitrogens with zero attached hydrogens (tertiary/aromatic N) is 2. The second kappa shape index (κ2) is 8.01. The van der Waals surface area contributed by atoms with Crippen molar-refractivity contribution >= 4 is 43.2 Å². The Morgan fingerprint density at radius 2 is 2.15 bits per heavy atom. The zero-order valence-corrected chi connectivity index (χ0v) is 16.5. The lowest BCUT2D eigenvalue weighted by Gasteiger charge is -2.34. The van der Waals surface area contributed by atoms with E-state index in [0.29, 0.717) is 19.8 Å². The maximum Gasteiger partial charge on any atom is 0.304 e. The first kappa shape index (κ1) is 19.2. The molecule has 1 aliphatic rings. The molecule has 0 aliphatic carbocycles. The van der Waals surface area contributed by atoms with Crippen LogP contribution in [0, 0.1) is 10.1 Å². The topological polar surface area (TPSA) is 102 Å². The van der Waals surface area contributed by atoms with Crippen LogP contribution in [-0.2, 0) is 14.6 Å². The number of hydrogen-bond acceptors (Lipinski definition) is 9. The summed E-state index contributed by atoms with van der Waals surface area (Å²) in [6.07, 6.45) is 1.05. The van der Waals surface area contributed by atoms with Crippen LogP contribution in [0.25, 0.3) is 0 Å². The van der Waals surface area contributed by atoms with Crippen LogP contribution >= 0.6 is 22.7 Å². The van der Waals surface area contributed by atoms with E-state index >= 15 is 0 Å². The van der Waals surface area contributed by atoms with Gasteiger partial charge < -0.3 is 10.1 Å². The number of ether oxygens (including phenoxy) is 1. The highest BCUT2D eigenvalue weighted by atomic mass is 32.2. The predicted octanol–water partition coefficient (Wildman–Crippen LogP) is 2.61. The minimum Gasteiger partial charge on any atom is -0.379 e. The molecule has 1 saturated heterocycles. The van der Waals surface area contributed by atoms with Gasteiger partial charge in [-0.25, -0.2) is 8.42 Å². The van der Waals surface area contributed by atoms with Gasteiger partial charge in [0.15, 0.2) is 14.8 Å². The molecule has 2 aromatic rings. The van der Waals surface area contributed by atoms with Crippen LogP contribution in [-0.4, -0.2) is 57.3 Å². The Bertz CT molecular complexity index is 857. The SMILES string of the molecule is CS(=O)(=O)c1cc([N+](=O)[O-])c(NC[C@H](c2cccs2)N2CCOCC2)s1. The van der Waals surface area contributed by atoms with Gasteiger partial charge in [0, 0.05) is 36.8 Å². The number of anilines is 1. The van der Waals surface area contributed by atoms with E-state index in [1.807, 2.05) is 17.5 Å². The molecule has 142 valence electrons. The molecule has 1 N–H and O–H groups in total. The van der Waals surface area contributed by atoms with Crippen LogP contribution in [0.2, 0.25) is 0 Å². The van der Waals surface area contributed by atoms with Crippen molar-refractivity contribution in [1.82, 2.24) is 4.90 Å². The fraction of sp³-hybridized carbons (Fsp3) is 0.467. The molecule has 26 heavy (non-hydrogen) atoms. The average molecular weight is 418 g/mol. The molecule has 0 amide bonds. The Hall–Kier alpha value is -1.53. The number of rotatable bonds is 7. The minimum atomic E-state index is -3.49. The molecule has 3 heterocycles. The van der Waals surface area contributed by atoms with E-state index in [0.717, 1.165) is 41.6 Å². The van der Waals surface area contributed by atoms with Gasteiger partial charge in [-0.15, -0.1) is 11.3 Å². The summed E-state index contributed by atoms with van der Waals surface area (Å²) in [6, 6.07) is 5.18. The molecule has 0 radical (unpaired) electrons. The number of hydrogen-bond donors (Lipinski definition) is 1. The number of nitrogens with one attached hydrogen (secondary N) is 1. The first-order chi connectivity index (χ1) is 12.4. The minimum absolute atomic E-state index is 0.00857. The van der Waals surface area contributed by atoms with Gasteiger partial charge in [-0.3, -0.25) is 15.0 Å². The molecule has 0 spiro atoms. The molecule has 3 rings (SSSR count). The van der Waals surface area contributed by atoms with E-state index in [1.165, 1.54) is 0 Å². The molecule has 0 unspecified atom stereocenters. The van der Waals surface area contributed by atoms with Crippen molar-refractivity contribution in [2.24, 2.45) is 0 Å². The quantitative estimate of drug-likeness (QED) is 0.546. The van der Waals surface area contributed by atoms with Crippen LogP contribution < -0.4 is 5.32 Å². The second-order valence-electron chi connectivity index (χ2n) is 5.87. The lowest BCUT2D eigenvalue weighted by Crippen LogP contribution is -2.41. The summed E-state index contributed by atoms with van der Waals surface area (Å²) in [5.41, 5.74) is -0.206. The van der Waals surface area contributed by atoms with Crippen LogP contribution in [0.3, 0.4) is 0 Å². The first-order valence-corrected chi connectivity index (χ1v) is 11.5. The standard InChI is InChI=1S/C15H19N3O5S3/c1-26(21,22)14-9-11(18(19)20)15(25-14)16-10-12(13-3-2-8-24-13)17-4-6-23-7-5-17/h2-3,8-9,12,16H,4-7,10H2,1H3/t12-/m1/s1. The van der Waals surface area contributed by atoms with Crippen molar-refractivity contribution < 1.29 is 18.1 Å². The summed E-state index contributed by atoms with van der Waals surface area (Å²) in [7, 11) is -3.49. The first-order valence-electron chi connectivity index (χ1n) is 7.93. The number of morpholine rings is 1. The Balaban J connectivity index is 1.82. The van der Waals surface area contributed by atoms with E-state index in [4.69, 9.17) is 4.74 Å². The van der Waals surface area contributed by atoms with Gasteiger partial charge in [0.05, 0.1) is 24.2 Å². The van der Waals surface area contributed by atoms with Gasteiger partial charge in [0.2, 0.25) is 0 Å². The molecule has 1 atom stereocenters. The third kappa shape index (κ3) is 4.41. The van der Waals surface area contributed by atoms with Crippen LogP contribution in [0.1, 0.15) is 10.9 Å². The van der Waals surface area contributed by atoms with E-state index in [9.17, 15) is 18.5 Å². The molecule has 0 bridgehead atoms. The maximum absolute atomic E-state index is 11.7. The fourth-order valence-electron chi connectivity index (χ4n) is 2.77. The number of nitro groups is 1. The summed E-state index contributed by atoms with van der Waals surface area (Å²) in [6.45, 7) is 3.32. The summed E-state index contributed by atoms with van der Waals surface area (Å²) in [4.78, 5) is 14.2. The van der Waals surface area contributed by atoms with Crippen LogP contribution in [0.5, 0.6) is 0 Å². The Kier molecular flexibility index (Phi) is 5.92. The highest BCUT2D eigenvalue weighted by Gasteiger charge is 2.27. The van der Waals surface area contributed by atoms with Crippen molar-refractivity contribution in [3.63, 3.8) is 0 Å². The lowest BCUT2D eigenvalue weighted by atomic mass is 10.2. The monoisotopic (exact) mass is 417 g/mol.